The van der Waals surface area contributed by atoms with Gasteiger partial charge in [-0.2, -0.15) is 0 Å². The van der Waals surface area contributed by atoms with Crippen molar-refractivity contribution in [3.8, 4) is 5.75 Å². The molecule has 0 aromatic heterocycles. The number of aliphatic imine (C=N–C) groups is 1. The van der Waals surface area contributed by atoms with E-state index in [4.69, 9.17) is 14.2 Å². The number of methoxy groups -OCH3 is 1. The van der Waals surface area contributed by atoms with Gasteiger partial charge in [0.05, 0.1) is 32.5 Å². The number of guanidine groups is 1. The summed E-state index contributed by atoms with van der Waals surface area (Å²) in [5.74, 6) is 2.32. The Kier molecular flexibility index (Phi) is 6.51. The molecule has 1 saturated carbocycles. The highest BCUT2D eigenvalue weighted by Gasteiger charge is 2.59. The molecule has 30 heavy (non-hydrogen) atoms. The molecule has 4 rings (SSSR count). The van der Waals surface area contributed by atoms with E-state index in [1.54, 1.807) is 7.11 Å². The van der Waals surface area contributed by atoms with E-state index in [1.807, 2.05) is 19.2 Å². The molecule has 0 bridgehead atoms. The van der Waals surface area contributed by atoms with E-state index in [0.717, 1.165) is 57.6 Å². The Morgan fingerprint density at radius 3 is 2.63 bits per heavy atom. The minimum Gasteiger partial charge on any atom is -0.497 e. The van der Waals surface area contributed by atoms with Crippen molar-refractivity contribution in [3.63, 3.8) is 0 Å². The van der Waals surface area contributed by atoms with Gasteiger partial charge in [0.1, 0.15) is 5.75 Å². The molecule has 3 aliphatic rings. The Bertz CT molecular complexity index is 730. The standard InChI is InChI=1S/C23H36N4O3/c1-23(2)20(18-9-12-30-21(18)23)26-22(24-3)25-15-19(27-10-13-29-14-11-27)16-5-7-17(28-4)8-6-16/h5-8,18-21H,9-15H2,1-4H3,(H2,24,25,26). The van der Waals surface area contributed by atoms with Crippen LogP contribution >= 0.6 is 0 Å². The number of ether oxygens (including phenoxy) is 3. The summed E-state index contributed by atoms with van der Waals surface area (Å²) in [6.07, 6.45) is 1.50. The number of nitrogens with zero attached hydrogens (tertiary/aromatic N) is 2. The number of morpholine rings is 1. The van der Waals surface area contributed by atoms with Crippen LogP contribution in [0.15, 0.2) is 29.3 Å². The van der Waals surface area contributed by atoms with Crippen LogP contribution in [-0.2, 0) is 9.47 Å². The van der Waals surface area contributed by atoms with Gasteiger partial charge in [-0.15, -0.1) is 0 Å². The number of benzene rings is 1. The summed E-state index contributed by atoms with van der Waals surface area (Å²) in [6, 6.07) is 9.02. The van der Waals surface area contributed by atoms with Gasteiger partial charge in [0.25, 0.3) is 0 Å². The van der Waals surface area contributed by atoms with E-state index < -0.39 is 0 Å². The highest BCUT2D eigenvalue weighted by atomic mass is 16.5. The first kappa shape index (κ1) is 21.4. The van der Waals surface area contributed by atoms with Gasteiger partial charge >= 0.3 is 0 Å². The van der Waals surface area contributed by atoms with Crippen LogP contribution in [0.1, 0.15) is 31.9 Å². The summed E-state index contributed by atoms with van der Waals surface area (Å²) in [6.45, 7) is 9.65. The molecule has 1 aromatic rings. The first-order chi connectivity index (χ1) is 14.5. The van der Waals surface area contributed by atoms with E-state index in [0.29, 0.717) is 18.1 Å². The molecule has 2 saturated heterocycles. The van der Waals surface area contributed by atoms with Gasteiger partial charge in [0, 0.05) is 50.7 Å². The first-order valence-corrected chi connectivity index (χ1v) is 11.1. The normalized spacial score (nSPS) is 29.6. The fourth-order valence-corrected chi connectivity index (χ4v) is 5.33. The summed E-state index contributed by atoms with van der Waals surface area (Å²) in [5, 5.41) is 7.28. The molecule has 166 valence electrons. The molecule has 0 spiro atoms. The predicted molar refractivity (Wildman–Crippen MR) is 118 cm³/mol. The van der Waals surface area contributed by atoms with Crippen LogP contribution in [0.25, 0.3) is 0 Å². The molecule has 1 aromatic carbocycles. The molecule has 0 amide bonds. The minimum absolute atomic E-state index is 0.123. The highest BCUT2D eigenvalue weighted by molar-refractivity contribution is 5.80. The average molecular weight is 417 g/mol. The van der Waals surface area contributed by atoms with E-state index in [9.17, 15) is 0 Å². The maximum absolute atomic E-state index is 5.94. The summed E-state index contributed by atoms with van der Waals surface area (Å²) in [4.78, 5) is 7.00. The Morgan fingerprint density at radius 1 is 1.23 bits per heavy atom. The second-order valence-electron chi connectivity index (χ2n) is 9.08. The predicted octanol–water partition coefficient (Wildman–Crippen LogP) is 2.05. The molecular formula is C23H36N4O3. The minimum atomic E-state index is 0.123. The molecule has 2 heterocycles. The van der Waals surface area contributed by atoms with E-state index >= 15 is 0 Å². The lowest BCUT2D eigenvalue weighted by molar-refractivity contribution is -0.106. The van der Waals surface area contributed by atoms with Crippen molar-refractivity contribution in [2.24, 2.45) is 16.3 Å². The van der Waals surface area contributed by atoms with E-state index in [-0.39, 0.29) is 11.5 Å². The lowest BCUT2D eigenvalue weighted by Gasteiger charge is -2.55. The Hall–Kier alpha value is -1.83. The number of hydrogen-bond donors (Lipinski definition) is 2. The third-order valence-corrected chi connectivity index (χ3v) is 7.07. The second kappa shape index (κ2) is 9.12. The van der Waals surface area contributed by atoms with Crippen molar-refractivity contribution in [2.75, 3.05) is 53.6 Å². The molecule has 4 atom stereocenters. The van der Waals surface area contributed by atoms with Crippen LogP contribution in [0.2, 0.25) is 0 Å². The maximum Gasteiger partial charge on any atom is 0.191 e. The number of hydrogen-bond acceptors (Lipinski definition) is 5. The van der Waals surface area contributed by atoms with Crippen LogP contribution < -0.4 is 15.4 Å². The zero-order valence-electron chi connectivity index (χ0n) is 18.7. The lowest BCUT2D eigenvalue weighted by atomic mass is 9.57. The van der Waals surface area contributed by atoms with Crippen molar-refractivity contribution in [1.29, 1.82) is 0 Å². The van der Waals surface area contributed by atoms with Crippen molar-refractivity contribution < 1.29 is 14.2 Å². The second-order valence-corrected chi connectivity index (χ2v) is 9.08. The molecule has 2 N–H and O–H groups in total. The fraction of sp³-hybridized carbons (Fsp3) is 0.696. The van der Waals surface area contributed by atoms with E-state index in [1.165, 1.54) is 5.56 Å². The van der Waals surface area contributed by atoms with Gasteiger partial charge in [-0.1, -0.05) is 26.0 Å². The smallest absolute Gasteiger partial charge is 0.191 e. The van der Waals surface area contributed by atoms with Crippen molar-refractivity contribution in [1.82, 2.24) is 15.5 Å². The Morgan fingerprint density at radius 2 is 1.97 bits per heavy atom. The van der Waals surface area contributed by atoms with Crippen LogP contribution in [0.5, 0.6) is 5.75 Å². The Labute approximate surface area is 180 Å². The van der Waals surface area contributed by atoms with Gasteiger partial charge in [0.15, 0.2) is 5.96 Å². The Balaban J connectivity index is 1.42. The molecule has 0 radical (unpaired) electrons. The largest absolute Gasteiger partial charge is 0.497 e. The summed E-state index contributed by atoms with van der Waals surface area (Å²) >= 11 is 0. The van der Waals surface area contributed by atoms with Gasteiger partial charge in [0.2, 0.25) is 0 Å². The SMILES string of the molecule is CN=C(NCC(c1ccc(OC)cc1)N1CCOCC1)NC1C2CCOC2C1(C)C. The number of nitrogens with one attached hydrogen (secondary N) is 2. The molecule has 4 unspecified atom stereocenters. The third kappa shape index (κ3) is 4.15. The van der Waals surface area contributed by atoms with Gasteiger partial charge in [-0.25, -0.2) is 0 Å². The maximum atomic E-state index is 5.94. The molecule has 7 nitrogen and oxygen atoms in total. The molecule has 7 heteroatoms. The van der Waals surface area contributed by atoms with Crippen LogP contribution in [0, 0.1) is 11.3 Å². The monoisotopic (exact) mass is 416 g/mol. The molecular weight excluding hydrogens is 380 g/mol. The number of fused-ring (bicyclic) bond motifs is 1. The summed E-state index contributed by atoms with van der Waals surface area (Å²) in [5.41, 5.74) is 1.40. The van der Waals surface area contributed by atoms with Crippen molar-refractivity contribution in [2.45, 2.75) is 38.5 Å². The first-order valence-electron chi connectivity index (χ1n) is 11.1. The highest BCUT2D eigenvalue weighted by Crippen LogP contribution is 2.52. The average Bonchev–Trinajstić information content (AvgIpc) is 3.24. The molecule has 1 aliphatic carbocycles. The topological polar surface area (TPSA) is 67.4 Å². The molecule has 2 aliphatic heterocycles. The lowest BCUT2D eigenvalue weighted by Crippen LogP contribution is -2.68. The molecule has 3 fully saturated rings. The van der Waals surface area contributed by atoms with Gasteiger partial charge in [-0.3, -0.25) is 9.89 Å². The zero-order valence-corrected chi connectivity index (χ0v) is 18.7. The summed E-state index contributed by atoms with van der Waals surface area (Å²) < 4.78 is 16.9. The van der Waals surface area contributed by atoms with Gasteiger partial charge < -0.3 is 24.8 Å². The van der Waals surface area contributed by atoms with Crippen molar-refractivity contribution in [3.05, 3.63) is 29.8 Å². The van der Waals surface area contributed by atoms with Crippen LogP contribution in [0.4, 0.5) is 0 Å². The van der Waals surface area contributed by atoms with Crippen molar-refractivity contribution >= 4 is 5.96 Å². The van der Waals surface area contributed by atoms with Gasteiger partial charge in [-0.05, 0) is 24.1 Å². The number of rotatable bonds is 6. The van der Waals surface area contributed by atoms with E-state index in [2.05, 4.69) is 46.5 Å². The fourth-order valence-electron chi connectivity index (χ4n) is 5.33. The van der Waals surface area contributed by atoms with Crippen LogP contribution in [0.3, 0.4) is 0 Å². The zero-order chi connectivity index (χ0) is 21.1. The summed E-state index contributed by atoms with van der Waals surface area (Å²) in [7, 11) is 3.55. The third-order valence-electron chi connectivity index (χ3n) is 7.07. The van der Waals surface area contributed by atoms with Crippen LogP contribution in [-0.4, -0.2) is 76.6 Å². The quantitative estimate of drug-likeness (QED) is 0.547.